The molecule has 0 spiro atoms. The lowest BCUT2D eigenvalue weighted by atomic mass is 10.00. The molecule has 0 heterocycles. The molecule has 5 atom stereocenters. The largest absolute Gasteiger partial charge is 0.508 e. The molecule has 0 aliphatic carbocycles. The quantitative estimate of drug-likeness (QED) is 0.141. The van der Waals surface area contributed by atoms with Gasteiger partial charge in [-0.1, -0.05) is 26.0 Å². The number of amides is 3. The van der Waals surface area contributed by atoms with Crippen LogP contribution in [0.4, 0.5) is 0 Å². The second-order valence-corrected chi connectivity index (χ2v) is 9.22. The van der Waals surface area contributed by atoms with E-state index < -0.39 is 66.4 Å². The Morgan fingerprint density at radius 1 is 0.838 bits per heavy atom. The molecule has 9 N–H and O–H groups in total. The number of phenolic OH excluding ortho intramolecular Hbond substituents is 1. The highest BCUT2D eigenvalue weighted by Crippen LogP contribution is 2.13. The van der Waals surface area contributed by atoms with Crippen LogP contribution in [0.1, 0.15) is 45.6 Å². The number of hydrogen-bond donors (Lipinski definition) is 8. The Labute approximate surface area is 214 Å². The number of aliphatic carboxylic acids is 2. The first-order chi connectivity index (χ1) is 17.2. The van der Waals surface area contributed by atoms with E-state index in [4.69, 9.17) is 10.8 Å². The number of phenols is 1. The zero-order chi connectivity index (χ0) is 28.3. The van der Waals surface area contributed by atoms with Gasteiger partial charge in [-0.25, -0.2) is 4.79 Å². The minimum absolute atomic E-state index is 0.00512. The fraction of sp³-hybridized carbons (Fsp3) is 0.542. The van der Waals surface area contributed by atoms with Crippen molar-refractivity contribution in [3.05, 3.63) is 29.8 Å². The molecule has 37 heavy (non-hydrogen) atoms. The summed E-state index contributed by atoms with van der Waals surface area (Å²) in [6, 6.07) is 0.637. The summed E-state index contributed by atoms with van der Waals surface area (Å²) < 4.78 is 0. The van der Waals surface area contributed by atoms with Crippen LogP contribution in [0.25, 0.3) is 0 Å². The van der Waals surface area contributed by atoms with Crippen molar-refractivity contribution in [3.63, 3.8) is 0 Å². The third kappa shape index (κ3) is 11.3. The lowest BCUT2D eigenvalue weighted by Gasteiger charge is -2.26. The summed E-state index contributed by atoms with van der Waals surface area (Å²) in [4.78, 5) is 60.9. The SMILES string of the molecule is CC(C)CC(NC(=O)C(Cc1ccc(O)cc1)NC(=O)C(N)C(C)O)C(=O)NC(CCC(=O)O)C(=O)O. The van der Waals surface area contributed by atoms with Crippen molar-refractivity contribution in [1.29, 1.82) is 0 Å². The molecule has 1 aromatic carbocycles. The van der Waals surface area contributed by atoms with Crippen molar-refractivity contribution >= 4 is 29.7 Å². The van der Waals surface area contributed by atoms with Crippen molar-refractivity contribution in [2.24, 2.45) is 11.7 Å². The summed E-state index contributed by atoms with van der Waals surface area (Å²) in [7, 11) is 0. The van der Waals surface area contributed by atoms with Crippen molar-refractivity contribution in [1.82, 2.24) is 16.0 Å². The summed E-state index contributed by atoms with van der Waals surface area (Å²) in [5.74, 6) is -5.16. The molecule has 13 heteroatoms. The van der Waals surface area contributed by atoms with Crippen molar-refractivity contribution in [3.8, 4) is 5.75 Å². The Hall–Kier alpha value is -3.71. The second kappa shape index (κ2) is 14.8. The molecule has 3 amide bonds. The highest BCUT2D eigenvalue weighted by Gasteiger charge is 2.31. The third-order valence-electron chi connectivity index (χ3n) is 5.43. The van der Waals surface area contributed by atoms with Crippen molar-refractivity contribution in [2.45, 2.75) is 76.7 Å². The number of aromatic hydroxyl groups is 1. The van der Waals surface area contributed by atoms with Crippen LogP contribution in [-0.2, 0) is 30.4 Å². The standard InChI is InChI=1S/C24H36N4O9/c1-12(2)10-17(21(33)26-16(24(36)37)8-9-19(31)32)27-22(34)18(28-23(35)20(25)13(3)29)11-14-4-6-15(30)7-5-14/h4-7,12-13,16-18,20,29-30H,8-11,25H2,1-3H3,(H,26,33)(H,27,34)(H,28,35)(H,31,32)(H,36,37). The van der Waals surface area contributed by atoms with Crippen LogP contribution >= 0.6 is 0 Å². The van der Waals surface area contributed by atoms with Crippen LogP contribution in [-0.4, -0.2) is 80.4 Å². The average molecular weight is 525 g/mol. The van der Waals surface area contributed by atoms with Crippen LogP contribution in [0.2, 0.25) is 0 Å². The average Bonchev–Trinajstić information content (AvgIpc) is 2.80. The van der Waals surface area contributed by atoms with Gasteiger partial charge in [0.2, 0.25) is 17.7 Å². The molecule has 5 unspecified atom stereocenters. The predicted molar refractivity (Wildman–Crippen MR) is 131 cm³/mol. The first-order valence-corrected chi connectivity index (χ1v) is 11.8. The maximum Gasteiger partial charge on any atom is 0.326 e. The Morgan fingerprint density at radius 2 is 1.35 bits per heavy atom. The number of nitrogens with two attached hydrogens (primary N) is 1. The topological polar surface area (TPSA) is 228 Å². The molecule has 1 rings (SSSR count). The summed E-state index contributed by atoms with van der Waals surface area (Å²) >= 11 is 0. The van der Waals surface area contributed by atoms with Crippen molar-refractivity contribution in [2.75, 3.05) is 0 Å². The van der Waals surface area contributed by atoms with Gasteiger partial charge in [0.15, 0.2) is 0 Å². The molecule has 1 aromatic rings. The normalized spacial score (nSPS) is 15.1. The van der Waals surface area contributed by atoms with E-state index >= 15 is 0 Å². The number of aliphatic hydroxyl groups excluding tert-OH is 1. The van der Waals surface area contributed by atoms with Crippen LogP contribution < -0.4 is 21.7 Å². The number of nitrogens with one attached hydrogen (secondary N) is 3. The molecule has 0 bridgehead atoms. The molecule has 0 radical (unpaired) electrons. The molecule has 0 fully saturated rings. The number of hydrogen-bond acceptors (Lipinski definition) is 8. The summed E-state index contributed by atoms with van der Waals surface area (Å²) in [5.41, 5.74) is 6.24. The molecule has 0 saturated heterocycles. The summed E-state index contributed by atoms with van der Waals surface area (Å²) in [6.07, 6.45) is -1.96. The van der Waals surface area contributed by atoms with Crippen LogP contribution in [0.15, 0.2) is 24.3 Å². The number of carbonyl (C=O) groups is 5. The van der Waals surface area contributed by atoms with Crippen LogP contribution in [0.3, 0.4) is 0 Å². The molecule has 0 saturated carbocycles. The highest BCUT2D eigenvalue weighted by atomic mass is 16.4. The second-order valence-electron chi connectivity index (χ2n) is 9.22. The summed E-state index contributed by atoms with van der Waals surface area (Å²) in [5, 5.41) is 44.6. The Bertz CT molecular complexity index is 950. The van der Waals surface area contributed by atoms with E-state index in [9.17, 15) is 39.3 Å². The molecular weight excluding hydrogens is 488 g/mol. The van der Waals surface area contributed by atoms with E-state index in [1.807, 2.05) is 0 Å². The van der Waals surface area contributed by atoms with Gasteiger partial charge in [0, 0.05) is 12.8 Å². The molecule has 206 valence electrons. The molecule has 0 aliphatic heterocycles. The minimum Gasteiger partial charge on any atom is -0.508 e. The zero-order valence-electron chi connectivity index (χ0n) is 21.0. The van der Waals surface area contributed by atoms with E-state index in [0.717, 1.165) is 0 Å². The van der Waals surface area contributed by atoms with E-state index in [0.29, 0.717) is 5.56 Å². The number of carboxylic acid groups (broad SMARTS) is 2. The Balaban J connectivity index is 3.13. The zero-order valence-corrected chi connectivity index (χ0v) is 21.0. The van der Waals surface area contributed by atoms with Crippen molar-refractivity contribution < 1.29 is 44.4 Å². The maximum atomic E-state index is 13.2. The predicted octanol–water partition coefficient (Wildman–Crippen LogP) is -0.907. The fourth-order valence-corrected chi connectivity index (χ4v) is 3.34. The van der Waals surface area contributed by atoms with Crippen LogP contribution in [0.5, 0.6) is 5.75 Å². The Kier molecular flexibility index (Phi) is 12.5. The van der Waals surface area contributed by atoms with Gasteiger partial charge in [0.25, 0.3) is 0 Å². The minimum atomic E-state index is -1.48. The number of carbonyl (C=O) groups excluding carboxylic acids is 3. The van der Waals surface area contributed by atoms with Gasteiger partial charge in [-0.05, 0) is 43.4 Å². The molecule has 13 nitrogen and oxygen atoms in total. The molecular formula is C24H36N4O9. The molecule has 0 aliphatic rings. The van der Waals surface area contributed by atoms with Gasteiger partial charge in [-0.3, -0.25) is 19.2 Å². The lowest BCUT2D eigenvalue weighted by Crippen LogP contribution is -2.58. The van der Waals surface area contributed by atoms with Gasteiger partial charge in [0.1, 0.15) is 29.9 Å². The van der Waals surface area contributed by atoms with Gasteiger partial charge < -0.3 is 42.1 Å². The van der Waals surface area contributed by atoms with E-state index in [2.05, 4.69) is 16.0 Å². The number of rotatable bonds is 15. The van der Waals surface area contributed by atoms with Gasteiger partial charge >= 0.3 is 11.9 Å². The fourth-order valence-electron chi connectivity index (χ4n) is 3.34. The van der Waals surface area contributed by atoms with Gasteiger partial charge in [0.05, 0.1) is 6.10 Å². The van der Waals surface area contributed by atoms with E-state index in [-0.39, 0.29) is 30.9 Å². The lowest BCUT2D eigenvalue weighted by molar-refractivity contribution is -0.143. The number of carboxylic acids is 2. The first-order valence-electron chi connectivity index (χ1n) is 11.8. The number of aliphatic hydroxyl groups is 1. The summed E-state index contributed by atoms with van der Waals surface area (Å²) in [6.45, 7) is 4.87. The van der Waals surface area contributed by atoms with Crippen LogP contribution in [0, 0.1) is 5.92 Å². The monoisotopic (exact) mass is 524 g/mol. The smallest absolute Gasteiger partial charge is 0.326 e. The van der Waals surface area contributed by atoms with Gasteiger partial charge in [-0.2, -0.15) is 0 Å². The maximum absolute atomic E-state index is 13.2. The van der Waals surface area contributed by atoms with E-state index in [1.165, 1.54) is 31.2 Å². The highest BCUT2D eigenvalue weighted by molar-refractivity contribution is 5.94. The third-order valence-corrected chi connectivity index (χ3v) is 5.43. The molecule has 0 aromatic heterocycles. The van der Waals surface area contributed by atoms with Gasteiger partial charge in [-0.15, -0.1) is 0 Å². The number of benzene rings is 1. The van der Waals surface area contributed by atoms with E-state index in [1.54, 1.807) is 13.8 Å². The first kappa shape index (κ1) is 31.3. The Morgan fingerprint density at radius 3 is 1.84 bits per heavy atom.